The molecule has 1 aliphatic heterocycles. The Balaban J connectivity index is 2.20. The summed E-state index contributed by atoms with van der Waals surface area (Å²) in [6.45, 7) is 1.31. The number of amides is 3. The van der Waals surface area contributed by atoms with Gasteiger partial charge in [0, 0.05) is 25.2 Å². The summed E-state index contributed by atoms with van der Waals surface area (Å²) in [5, 5.41) is 2.76. The Morgan fingerprint density at radius 2 is 2.18 bits per heavy atom. The third-order valence-corrected chi connectivity index (χ3v) is 2.78. The number of benzene rings is 1. The Bertz CT molecular complexity index is 445. The van der Waals surface area contributed by atoms with Crippen LogP contribution in [0.3, 0.4) is 0 Å². The maximum absolute atomic E-state index is 11.6. The van der Waals surface area contributed by atoms with Crippen LogP contribution in [0.15, 0.2) is 24.3 Å². The van der Waals surface area contributed by atoms with Gasteiger partial charge in [0.05, 0.1) is 0 Å². The highest BCUT2D eigenvalue weighted by Gasteiger charge is 2.22. The molecule has 3 amide bonds. The van der Waals surface area contributed by atoms with Crippen molar-refractivity contribution in [2.45, 2.75) is 12.8 Å². The highest BCUT2D eigenvalue weighted by Crippen LogP contribution is 2.23. The first-order valence-corrected chi connectivity index (χ1v) is 5.60. The molecule has 0 aliphatic carbocycles. The van der Waals surface area contributed by atoms with E-state index in [-0.39, 0.29) is 11.9 Å². The molecule has 0 saturated carbocycles. The van der Waals surface area contributed by atoms with Crippen molar-refractivity contribution >= 4 is 17.6 Å². The quantitative estimate of drug-likeness (QED) is 0.800. The van der Waals surface area contributed by atoms with Crippen LogP contribution in [0, 0.1) is 0 Å². The van der Waals surface area contributed by atoms with E-state index in [1.54, 1.807) is 4.90 Å². The largest absolute Gasteiger partial charge is 0.370 e. The molecule has 1 heterocycles. The Labute approximate surface area is 99.6 Å². The fraction of sp³-hybridized carbons (Fsp3) is 0.333. The molecule has 5 heteroatoms. The molecule has 0 radical (unpaired) electrons. The van der Waals surface area contributed by atoms with E-state index in [2.05, 4.69) is 5.32 Å². The second-order valence-electron chi connectivity index (χ2n) is 3.98. The number of aryl methyl sites for hydroxylation is 1. The molecule has 1 aromatic rings. The first-order chi connectivity index (χ1) is 8.18. The van der Waals surface area contributed by atoms with Crippen molar-refractivity contribution in [2.24, 2.45) is 5.73 Å². The Kier molecular flexibility index (Phi) is 3.27. The van der Waals surface area contributed by atoms with Crippen LogP contribution in [0.4, 0.5) is 10.5 Å². The number of carbonyl (C=O) groups excluding carboxylic acids is 2. The first-order valence-electron chi connectivity index (χ1n) is 5.60. The number of hydrogen-bond donors (Lipinski definition) is 2. The molecule has 1 saturated heterocycles. The van der Waals surface area contributed by atoms with Gasteiger partial charge < -0.3 is 11.1 Å². The smallest absolute Gasteiger partial charge is 0.322 e. The van der Waals surface area contributed by atoms with Crippen molar-refractivity contribution in [2.75, 3.05) is 18.0 Å². The third-order valence-electron chi connectivity index (χ3n) is 2.78. The second kappa shape index (κ2) is 4.86. The van der Waals surface area contributed by atoms with Crippen molar-refractivity contribution in [3.63, 3.8) is 0 Å². The van der Waals surface area contributed by atoms with Gasteiger partial charge in [-0.25, -0.2) is 4.79 Å². The first kappa shape index (κ1) is 11.4. The summed E-state index contributed by atoms with van der Waals surface area (Å²) in [5.74, 6) is -0.328. The topological polar surface area (TPSA) is 75.4 Å². The van der Waals surface area contributed by atoms with Gasteiger partial charge in [0.1, 0.15) is 0 Å². The van der Waals surface area contributed by atoms with Crippen LogP contribution >= 0.6 is 0 Å². The average molecular weight is 233 g/mol. The van der Waals surface area contributed by atoms with Gasteiger partial charge >= 0.3 is 6.03 Å². The van der Waals surface area contributed by atoms with Crippen LogP contribution in [0.25, 0.3) is 0 Å². The van der Waals surface area contributed by atoms with E-state index in [0.29, 0.717) is 25.9 Å². The summed E-state index contributed by atoms with van der Waals surface area (Å²) >= 11 is 0. The zero-order valence-electron chi connectivity index (χ0n) is 9.48. The monoisotopic (exact) mass is 233 g/mol. The predicted octanol–water partition coefficient (Wildman–Crippen LogP) is 0.634. The van der Waals surface area contributed by atoms with Crippen LogP contribution in [-0.4, -0.2) is 25.0 Å². The van der Waals surface area contributed by atoms with Gasteiger partial charge in [-0.15, -0.1) is 0 Å². The predicted molar refractivity (Wildman–Crippen MR) is 64.7 cm³/mol. The number of nitrogens with two attached hydrogens (primary N) is 1. The summed E-state index contributed by atoms with van der Waals surface area (Å²) < 4.78 is 0. The zero-order chi connectivity index (χ0) is 12.3. The second-order valence-corrected chi connectivity index (χ2v) is 3.98. The Morgan fingerprint density at radius 3 is 2.82 bits per heavy atom. The van der Waals surface area contributed by atoms with E-state index >= 15 is 0 Å². The van der Waals surface area contributed by atoms with E-state index in [4.69, 9.17) is 5.73 Å². The van der Waals surface area contributed by atoms with Crippen molar-refractivity contribution in [3.8, 4) is 0 Å². The molecule has 1 aromatic carbocycles. The van der Waals surface area contributed by atoms with Gasteiger partial charge in [-0.3, -0.25) is 9.69 Å². The molecule has 1 aliphatic rings. The highest BCUT2D eigenvalue weighted by molar-refractivity contribution is 5.94. The number of nitrogens with zero attached hydrogens (tertiary/aromatic N) is 1. The van der Waals surface area contributed by atoms with E-state index in [1.807, 2.05) is 24.3 Å². The van der Waals surface area contributed by atoms with Crippen molar-refractivity contribution in [1.29, 1.82) is 0 Å². The summed E-state index contributed by atoms with van der Waals surface area (Å²) in [7, 11) is 0. The summed E-state index contributed by atoms with van der Waals surface area (Å²) in [6.07, 6.45) is 0.863. The van der Waals surface area contributed by atoms with Crippen molar-refractivity contribution < 1.29 is 9.59 Å². The number of primary amides is 1. The van der Waals surface area contributed by atoms with E-state index in [0.717, 1.165) is 11.3 Å². The van der Waals surface area contributed by atoms with Crippen molar-refractivity contribution in [3.05, 3.63) is 29.8 Å². The lowest BCUT2D eigenvalue weighted by molar-refractivity contribution is -0.117. The lowest BCUT2D eigenvalue weighted by atomic mass is 10.1. The number of urea groups is 1. The summed E-state index contributed by atoms with van der Waals surface area (Å²) in [4.78, 5) is 24.1. The maximum Gasteiger partial charge on any atom is 0.322 e. The minimum Gasteiger partial charge on any atom is -0.370 e. The lowest BCUT2D eigenvalue weighted by Gasteiger charge is -2.18. The van der Waals surface area contributed by atoms with Crippen molar-refractivity contribution in [1.82, 2.24) is 5.32 Å². The molecule has 90 valence electrons. The van der Waals surface area contributed by atoms with Gasteiger partial charge in [0.15, 0.2) is 0 Å². The SMILES string of the molecule is NC(=O)CCc1ccccc1N1CCNC1=O. The molecule has 17 heavy (non-hydrogen) atoms. The summed E-state index contributed by atoms with van der Waals surface area (Å²) in [6, 6.07) is 7.50. The number of rotatable bonds is 4. The molecule has 5 nitrogen and oxygen atoms in total. The van der Waals surface area contributed by atoms with Crippen LogP contribution in [0.1, 0.15) is 12.0 Å². The van der Waals surface area contributed by atoms with E-state index in [1.165, 1.54) is 0 Å². The number of anilines is 1. The molecular weight excluding hydrogens is 218 g/mol. The number of carbonyl (C=O) groups is 2. The molecule has 0 spiro atoms. The minimum absolute atomic E-state index is 0.0866. The molecule has 0 atom stereocenters. The van der Waals surface area contributed by atoms with Gasteiger partial charge in [-0.2, -0.15) is 0 Å². The maximum atomic E-state index is 11.6. The number of hydrogen-bond acceptors (Lipinski definition) is 2. The fourth-order valence-electron chi connectivity index (χ4n) is 1.94. The lowest BCUT2D eigenvalue weighted by Crippen LogP contribution is -2.28. The molecular formula is C12H15N3O2. The van der Waals surface area contributed by atoms with Crippen LogP contribution < -0.4 is 16.0 Å². The van der Waals surface area contributed by atoms with Crippen LogP contribution in [-0.2, 0) is 11.2 Å². The number of nitrogens with one attached hydrogen (secondary N) is 1. The van der Waals surface area contributed by atoms with E-state index in [9.17, 15) is 9.59 Å². The van der Waals surface area contributed by atoms with Gasteiger partial charge in [-0.05, 0) is 18.1 Å². The Hall–Kier alpha value is -2.04. The molecule has 0 unspecified atom stereocenters. The van der Waals surface area contributed by atoms with Gasteiger partial charge in [0.25, 0.3) is 0 Å². The third kappa shape index (κ3) is 2.55. The van der Waals surface area contributed by atoms with Crippen LogP contribution in [0.5, 0.6) is 0 Å². The van der Waals surface area contributed by atoms with E-state index < -0.39 is 0 Å². The average Bonchev–Trinajstić information content (AvgIpc) is 2.73. The summed E-state index contributed by atoms with van der Waals surface area (Å²) in [5.41, 5.74) is 6.98. The highest BCUT2D eigenvalue weighted by atomic mass is 16.2. The molecule has 0 bridgehead atoms. The van der Waals surface area contributed by atoms with Crippen LogP contribution in [0.2, 0.25) is 0 Å². The molecule has 0 aromatic heterocycles. The standard InChI is InChI=1S/C12H15N3O2/c13-11(16)6-5-9-3-1-2-4-10(9)15-8-7-14-12(15)17/h1-4H,5-8H2,(H2,13,16)(H,14,17). The Morgan fingerprint density at radius 1 is 1.41 bits per heavy atom. The minimum atomic E-state index is -0.328. The molecule has 3 N–H and O–H groups in total. The zero-order valence-corrected chi connectivity index (χ0v) is 9.48. The van der Waals surface area contributed by atoms with Gasteiger partial charge in [0.2, 0.25) is 5.91 Å². The molecule has 2 rings (SSSR count). The fourth-order valence-corrected chi connectivity index (χ4v) is 1.94. The number of para-hydroxylation sites is 1. The molecule has 1 fully saturated rings. The normalized spacial score (nSPS) is 14.8. The van der Waals surface area contributed by atoms with Gasteiger partial charge in [-0.1, -0.05) is 18.2 Å².